The Bertz CT molecular complexity index is 1300. The molecule has 4 rings (SSSR count). The monoisotopic (exact) mass is 457 g/mol. The van der Waals surface area contributed by atoms with Gasteiger partial charge in [0.15, 0.2) is 0 Å². The zero-order chi connectivity index (χ0) is 24.7. The number of nitrogens with zero attached hydrogens (tertiary/aromatic N) is 4. The summed E-state index contributed by atoms with van der Waals surface area (Å²) in [4.78, 5) is 23.4. The molecule has 3 heterocycles. The highest BCUT2D eigenvalue weighted by Crippen LogP contribution is 2.33. The number of hydrogen-bond acceptors (Lipinski definition) is 7. The third kappa shape index (κ3) is 4.76. The van der Waals surface area contributed by atoms with Crippen LogP contribution in [0.2, 0.25) is 0 Å². The minimum absolute atomic E-state index is 0.321. The molecular weight excluding hydrogens is 430 g/mol. The van der Waals surface area contributed by atoms with Gasteiger partial charge in [-0.3, -0.25) is 9.78 Å². The van der Waals surface area contributed by atoms with Crippen LogP contribution in [0.5, 0.6) is 0 Å². The third-order valence-electron chi connectivity index (χ3n) is 5.81. The van der Waals surface area contributed by atoms with Gasteiger partial charge >= 0.3 is 0 Å². The van der Waals surface area contributed by atoms with E-state index in [1.807, 2.05) is 30.0 Å². The van der Waals surface area contributed by atoms with Crippen LogP contribution in [-0.4, -0.2) is 44.8 Å². The summed E-state index contributed by atoms with van der Waals surface area (Å²) in [6, 6.07) is 12.7. The first kappa shape index (κ1) is 23.4. The molecule has 2 aromatic heterocycles. The number of aryl methyl sites for hydroxylation is 1. The van der Waals surface area contributed by atoms with E-state index in [0.717, 1.165) is 16.7 Å². The number of β-amino-alcohol motifs (C(OH)–C–C–N with tert-alkyl or cyclic N) is 1. The van der Waals surface area contributed by atoms with Gasteiger partial charge in [0.1, 0.15) is 17.5 Å². The standard InChI is InChI=1S/C26H27N5O3/c1-16-5-6-20(30-24(32)17-7-8-28-22(10-17)25(2,3)33)11-21(16)19-9-18(12-27)23(29-13-19)31-14-26(4,34)15-31/h5-11,13,33-34H,14-15H2,1-4H3,(H,30,32). The van der Waals surface area contributed by atoms with Crippen LogP contribution in [-0.2, 0) is 5.60 Å². The number of benzene rings is 1. The zero-order valence-corrected chi connectivity index (χ0v) is 19.6. The Balaban J connectivity index is 1.59. The van der Waals surface area contributed by atoms with Crippen LogP contribution in [0.4, 0.5) is 11.5 Å². The molecule has 1 aromatic carbocycles. The number of nitrogens with one attached hydrogen (secondary N) is 1. The lowest BCUT2D eigenvalue weighted by Crippen LogP contribution is -2.60. The smallest absolute Gasteiger partial charge is 0.255 e. The first-order valence-electron chi connectivity index (χ1n) is 11.0. The summed E-state index contributed by atoms with van der Waals surface area (Å²) in [5.41, 5.74) is 2.46. The highest BCUT2D eigenvalue weighted by Gasteiger charge is 2.38. The van der Waals surface area contributed by atoms with Gasteiger partial charge in [-0.25, -0.2) is 4.98 Å². The fourth-order valence-electron chi connectivity index (χ4n) is 3.99. The fraction of sp³-hybridized carbons (Fsp3) is 0.308. The van der Waals surface area contributed by atoms with E-state index in [9.17, 15) is 20.3 Å². The van der Waals surface area contributed by atoms with Crippen molar-refractivity contribution in [2.45, 2.75) is 38.9 Å². The Morgan fingerprint density at radius 1 is 1.21 bits per heavy atom. The van der Waals surface area contributed by atoms with E-state index >= 15 is 0 Å². The summed E-state index contributed by atoms with van der Waals surface area (Å²) in [7, 11) is 0. The van der Waals surface area contributed by atoms with Crippen molar-refractivity contribution in [3.05, 3.63) is 71.2 Å². The Hall–Kier alpha value is -3.80. The summed E-state index contributed by atoms with van der Waals surface area (Å²) >= 11 is 0. The van der Waals surface area contributed by atoms with Gasteiger partial charge in [-0.1, -0.05) is 6.07 Å². The van der Waals surface area contributed by atoms with Crippen LogP contribution >= 0.6 is 0 Å². The Labute approximate surface area is 198 Å². The molecular formula is C26H27N5O3. The number of carbonyl (C=O) groups excluding carboxylic acids is 1. The second kappa shape index (κ2) is 8.52. The topological polar surface area (TPSA) is 122 Å². The summed E-state index contributed by atoms with van der Waals surface area (Å²) < 4.78 is 0. The van der Waals surface area contributed by atoms with Crippen molar-refractivity contribution >= 4 is 17.4 Å². The van der Waals surface area contributed by atoms with Gasteiger partial charge in [0, 0.05) is 42.3 Å². The van der Waals surface area contributed by atoms with E-state index < -0.39 is 11.2 Å². The van der Waals surface area contributed by atoms with Crippen LogP contribution in [0.15, 0.2) is 48.8 Å². The molecule has 0 saturated carbocycles. The molecule has 0 radical (unpaired) electrons. The van der Waals surface area contributed by atoms with Crippen molar-refractivity contribution in [2.24, 2.45) is 0 Å². The maximum atomic E-state index is 12.8. The summed E-state index contributed by atoms with van der Waals surface area (Å²) in [6.07, 6.45) is 3.20. The van der Waals surface area contributed by atoms with E-state index in [-0.39, 0.29) is 5.91 Å². The molecule has 8 nitrogen and oxygen atoms in total. The molecule has 1 fully saturated rings. The number of carbonyl (C=O) groups is 1. The van der Waals surface area contributed by atoms with Crippen molar-refractivity contribution in [1.82, 2.24) is 9.97 Å². The normalized spacial score (nSPS) is 14.8. The molecule has 1 aliphatic rings. The molecule has 0 spiro atoms. The van der Waals surface area contributed by atoms with E-state index in [1.165, 1.54) is 6.20 Å². The predicted molar refractivity (Wildman–Crippen MR) is 129 cm³/mol. The molecule has 8 heteroatoms. The number of pyridine rings is 2. The lowest BCUT2D eigenvalue weighted by molar-refractivity contribution is 0.0305. The number of nitriles is 1. The molecule has 3 aromatic rings. The largest absolute Gasteiger partial charge is 0.386 e. The maximum Gasteiger partial charge on any atom is 0.255 e. The molecule has 1 saturated heterocycles. The predicted octanol–water partition coefficient (Wildman–Crippen LogP) is 3.37. The van der Waals surface area contributed by atoms with Crippen LogP contribution in [0.3, 0.4) is 0 Å². The van der Waals surface area contributed by atoms with Crippen LogP contribution in [0.1, 0.15) is 48.0 Å². The van der Waals surface area contributed by atoms with Crippen LogP contribution in [0, 0.1) is 18.3 Å². The van der Waals surface area contributed by atoms with E-state index in [0.29, 0.717) is 41.4 Å². The molecule has 0 bridgehead atoms. The minimum Gasteiger partial charge on any atom is -0.386 e. The highest BCUT2D eigenvalue weighted by atomic mass is 16.3. The third-order valence-corrected chi connectivity index (χ3v) is 5.81. The number of hydrogen-bond donors (Lipinski definition) is 3. The first-order chi connectivity index (χ1) is 16.0. The SMILES string of the molecule is Cc1ccc(NC(=O)c2ccnc(C(C)(C)O)c2)cc1-c1cnc(N2CC(C)(O)C2)c(C#N)c1. The van der Waals surface area contributed by atoms with Gasteiger partial charge in [-0.15, -0.1) is 0 Å². The number of aromatic nitrogens is 2. The lowest BCUT2D eigenvalue weighted by atomic mass is 9.95. The molecule has 0 unspecified atom stereocenters. The molecule has 0 aliphatic carbocycles. The fourth-order valence-corrected chi connectivity index (χ4v) is 3.99. The second-order valence-corrected chi connectivity index (χ2v) is 9.53. The molecule has 1 amide bonds. The van der Waals surface area contributed by atoms with Crippen LogP contribution < -0.4 is 10.2 Å². The Kier molecular flexibility index (Phi) is 5.86. The van der Waals surface area contributed by atoms with Crippen molar-refractivity contribution in [3.8, 4) is 17.2 Å². The zero-order valence-electron chi connectivity index (χ0n) is 19.6. The summed E-state index contributed by atoms with van der Waals surface area (Å²) in [5.74, 6) is 0.235. The van der Waals surface area contributed by atoms with Gasteiger partial charge in [0.2, 0.25) is 0 Å². The molecule has 3 N–H and O–H groups in total. The average molecular weight is 458 g/mol. The molecule has 1 aliphatic heterocycles. The van der Waals surface area contributed by atoms with Gasteiger partial charge in [0.25, 0.3) is 5.91 Å². The van der Waals surface area contributed by atoms with Crippen LogP contribution in [0.25, 0.3) is 11.1 Å². The van der Waals surface area contributed by atoms with Gasteiger partial charge in [-0.2, -0.15) is 5.26 Å². The first-order valence-corrected chi connectivity index (χ1v) is 11.0. The average Bonchev–Trinajstić information content (AvgIpc) is 2.77. The summed E-state index contributed by atoms with van der Waals surface area (Å²) in [5, 5.41) is 32.8. The highest BCUT2D eigenvalue weighted by molar-refractivity contribution is 6.04. The maximum absolute atomic E-state index is 12.8. The molecule has 174 valence electrons. The van der Waals surface area contributed by atoms with Crippen molar-refractivity contribution in [1.29, 1.82) is 5.26 Å². The number of amides is 1. The number of rotatable bonds is 5. The van der Waals surface area contributed by atoms with E-state index in [4.69, 9.17) is 0 Å². The number of anilines is 2. The van der Waals surface area contributed by atoms with E-state index in [1.54, 1.807) is 45.2 Å². The Morgan fingerprint density at radius 2 is 1.94 bits per heavy atom. The molecule has 0 atom stereocenters. The van der Waals surface area contributed by atoms with Crippen molar-refractivity contribution in [2.75, 3.05) is 23.3 Å². The number of aliphatic hydroxyl groups is 2. The van der Waals surface area contributed by atoms with Gasteiger partial charge in [-0.05, 0) is 69.2 Å². The van der Waals surface area contributed by atoms with Crippen molar-refractivity contribution in [3.63, 3.8) is 0 Å². The van der Waals surface area contributed by atoms with E-state index in [2.05, 4.69) is 21.4 Å². The minimum atomic E-state index is -1.16. The quantitative estimate of drug-likeness (QED) is 0.537. The Morgan fingerprint density at radius 3 is 2.59 bits per heavy atom. The molecule has 34 heavy (non-hydrogen) atoms. The van der Waals surface area contributed by atoms with Gasteiger partial charge in [0.05, 0.1) is 16.9 Å². The van der Waals surface area contributed by atoms with Gasteiger partial charge < -0.3 is 20.4 Å². The lowest BCUT2D eigenvalue weighted by Gasteiger charge is -2.45. The second-order valence-electron chi connectivity index (χ2n) is 9.53. The van der Waals surface area contributed by atoms with Crippen molar-refractivity contribution < 1.29 is 15.0 Å². The summed E-state index contributed by atoms with van der Waals surface area (Å²) in [6.45, 7) is 7.79.